The van der Waals surface area contributed by atoms with Crippen LogP contribution >= 0.6 is 0 Å². The van der Waals surface area contributed by atoms with E-state index in [1.54, 1.807) is 42.5 Å². The maximum atomic E-state index is 13.5. The lowest BCUT2D eigenvalue weighted by Crippen LogP contribution is -2.39. The molecule has 0 bridgehead atoms. The van der Waals surface area contributed by atoms with Gasteiger partial charge in [-0.15, -0.1) is 0 Å². The van der Waals surface area contributed by atoms with Gasteiger partial charge in [0.2, 0.25) is 0 Å². The monoisotopic (exact) mass is 507 g/mol. The molecule has 0 aliphatic heterocycles. The van der Waals surface area contributed by atoms with Crippen molar-refractivity contribution in [1.82, 2.24) is 5.43 Å². The number of amides is 1. The summed E-state index contributed by atoms with van der Waals surface area (Å²) in [4.78, 5) is 12.9. The average Bonchev–Trinajstić information content (AvgIpc) is 2.87. The van der Waals surface area contributed by atoms with Gasteiger partial charge in [0.25, 0.3) is 15.9 Å². The molecule has 0 fully saturated rings. The molecule has 3 aromatic rings. The highest BCUT2D eigenvalue weighted by Gasteiger charge is 2.27. The predicted octanol–water partition coefficient (Wildman–Crippen LogP) is 5.14. The summed E-state index contributed by atoms with van der Waals surface area (Å²) in [5, 5.41) is 4.25. The lowest BCUT2D eigenvalue weighted by atomic mass is 9.80. The Hall–Kier alpha value is -3.65. The van der Waals surface area contributed by atoms with Crippen molar-refractivity contribution >= 4 is 27.3 Å². The van der Waals surface area contributed by atoms with Crippen LogP contribution in [-0.2, 0) is 20.2 Å². The fourth-order valence-electron chi connectivity index (χ4n) is 3.91. The number of ether oxygens (including phenoxy) is 1. The molecule has 0 aliphatic carbocycles. The number of rotatable bonds is 11. The molecule has 1 amide bonds. The van der Waals surface area contributed by atoms with Gasteiger partial charge in [0, 0.05) is 5.71 Å². The maximum Gasteiger partial charge on any atom is 0.264 e. The molecular weight excluding hydrogens is 474 g/mol. The van der Waals surface area contributed by atoms with E-state index >= 15 is 0 Å². The van der Waals surface area contributed by atoms with Crippen molar-refractivity contribution in [3.05, 3.63) is 90.5 Å². The second-order valence-corrected chi connectivity index (χ2v) is 10.9. The highest BCUT2D eigenvalue weighted by Crippen LogP contribution is 2.27. The second kappa shape index (κ2) is 11.9. The van der Waals surface area contributed by atoms with Crippen molar-refractivity contribution in [3.63, 3.8) is 0 Å². The van der Waals surface area contributed by atoms with Crippen LogP contribution in [0.15, 0.2) is 94.9 Å². The summed E-state index contributed by atoms with van der Waals surface area (Å²) in [6.45, 7) is 7.99. The molecule has 0 radical (unpaired) electrons. The fraction of sp³-hybridized carbons (Fsp3) is 0.286. The fourth-order valence-corrected chi connectivity index (χ4v) is 5.33. The summed E-state index contributed by atoms with van der Waals surface area (Å²) in [6.07, 6.45) is 0.629. The SMILES string of the molecule is CCOc1ccc(S(=O)(=O)N(CC(=O)N/N=C(/C)CC(C)(C)c2ccccc2)c2ccccc2)cc1. The topological polar surface area (TPSA) is 88.1 Å². The highest BCUT2D eigenvalue weighted by atomic mass is 32.2. The Morgan fingerprint density at radius 3 is 2.11 bits per heavy atom. The van der Waals surface area contributed by atoms with Gasteiger partial charge < -0.3 is 4.74 Å². The molecule has 0 aromatic heterocycles. The Bertz CT molecular complexity index is 1270. The van der Waals surface area contributed by atoms with E-state index in [1.165, 1.54) is 17.7 Å². The normalized spacial score (nSPS) is 12.2. The second-order valence-electron chi connectivity index (χ2n) is 9.06. The third-order valence-electron chi connectivity index (χ3n) is 5.68. The number of nitrogens with zero attached hydrogens (tertiary/aromatic N) is 2. The van der Waals surface area contributed by atoms with Crippen LogP contribution in [0.3, 0.4) is 0 Å². The third-order valence-corrected chi connectivity index (χ3v) is 7.47. The van der Waals surface area contributed by atoms with Crippen LogP contribution in [0.2, 0.25) is 0 Å². The summed E-state index contributed by atoms with van der Waals surface area (Å²) >= 11 is 0. The Kier molecular flexibility index (Phi) is 8.88. The lowest BCUT2D eigenvalue weighted by Gasteiger charge is -2.25. The largest absolute Gasteiger partial charge is 0.494 e. The zero-order chi connectivity index (χ0) is 26.2. The summed E-state index contributed by atoms with van der Waals surface area (Å²) in [5.74, 6) is 0.0360. The number of hydrogen-bond acceptors (Lipinski definition) is 5. The minimum absolute atomic E-state index is 0.0619. The van der Waals surface area contributed by atoms with Crippen LogP contribution in [-0.4, -0.2) is 33.2 Å². The van der Waals surface area contributed by atoms with Crippen LogP contribution in [0.25, 0.3) is 0 Å². The number of carbonyl (C=O) groups excluding carboxylic acids is 1. The van der Waals surface area contributed by atoms with Crippen LogP contribution in [0.1, 0.15) is 39.7 Å². The molecule has 3 aromatic carbocycles. The molecule has 0 heterocycles. The number of benzene rings is 3. The van der Waals surface area contributed by atoms with Crippen molar-refractivity contribution in [2.75, 3.05) is 17.5 Å². The lowest BCUT2D eigenvalue weighted by molar-refractivity contribution is -0.119. The van der Waals surface area contributed by atoms with E-state index in [0.29, 0.717) is 24.5 Å². The first kappa shape index (κ1) is 26.9. The quantitative estimate of drug-likeness (QED) is 0.288. The molecule has 0 spiro atoms. The number of carbonyl (C=O) groups is 1. The molecule has 36 heavy (non-hydrogen) atoms. The Balaban J connectivity index is 1.77. The van der Waals surface area contributed by atoms with E-state index in [4.69, 9.17) is 4.74 Å². The molecule has 0 aliphatic rings. The van der Waals surface area contributed by atoms with Crippen molar-refractivity contribution in [2.45, 2.75) is 44.4 Å². The van der Waals surface area contributed by atoms with Crippen molar-refractivity contribution in [3.8, 4) is 5.75 Å². The van der Waals surface area contributed by atoms with Crippen LogP contribution in [0.5, 0.6) is 5.75 Å². The molecule has 190 valence electrons. The first-order valence-electron chi connectivity index (χ1n) is 11.8. The van der Waals surface area contributed by atoms with Crippen molar-refractivity contribution < 1.29 is 17.9 Å². The summed E-state index contributed by atoms with van der Waals surface area (Å²) in [5.41, 5.74) is 4.64. The van der Waals surface area contributed by atoms with Gasteiger partial charge in [-0.3, -0.25) is 9.10 Å². The minimum atomic E-state index is -4.02. The number of hydrazone groups is 1. The van der Waals surface area contributed by atoms with E-state index in [0.717, 1.165) is 10.0 Å². The molecule has 0 atom stereocenters. The first-order valence-corrected chi connectivity index (χ1v) is 13.3. The van der Waals surface area contributed by atoms with Gasteiger partial charge in [-0.05, 0) is 67.6 Å². The Morgan fingerprint density at radius 2 is 1.53 bits per heavy atom. The molecule has 1 N–H and O–H groups in total. The first-order chi connectivity index (χ1) is 17.1. The maximum absolute atomic E-state index is 13.5. The third kappa shape index (κ3) is 6.95. The Labute approximate surface area is 213 Å². The predicted molar refractivity (Wildman–Crippen MR) is 144 cm³/mol. The van der Waals surface area contributed by atoms with E-state index in [1.807, 2.05) is 32.0 Å². The summed E-state index contributed by atoms with van der Waals surface area (Å²) in [6, 6.07) is 24.8. The molecule has 3 rings (SSSR count). The van der Waals surface area contributed by atoms with Crippen molar-refractivity contribution in [2.24, 2.45) is 5.10 Å². The molecule has 7 nitrogen and oxygen atoms in total. The van der Waals surface area contributed by atoms with Gasteiger partial charge >= 0.3 is 0 Å². The van der Waals surface area contributed by atoms with Gasteiger partial charge in [-0.2, -0.15) is 5.10 Å². The van der Waals surface area contributed by atoms with E-state index in [9.17, 15) is 13.2 Å². The minimum Gasteiger partial charge on any atom is -0.494 e. The van der Waals surface area contributed by atoms with E-state index in [-0.39, 0.29) is 10.3 Å². The standard InChI is InChI=1S/C28H33N3O4S/c1-5-35-25-16-18-26(19-17-25)36(33,34)31(24-14-10-7-11-15-24)21-27(32)30-29-22(2)20-28(3,4)23-12-8-6-9-13-23/h6-19H,5,20-21H2,1-4H3,(H,30,32)/b29-22-. The molecular formula is C28H33N3O4S. The number of nitrogens with one attached hydrogen (secondary N) is 1. The van der Waals surface area contributed by atoms with Crippen LogP contribution in [0, 0.1) is 0 Å². The van der Waals surface area contributed by atoms with Crippen LogP contribution in [0.4, 0.5) is 5.69 Å². The van der Waals surface area contributed by atoms with Gasteiger partial charge in [0.05, 0.1) is 17.2 Å². The smallest absolute Gasteiger partial charge is 0.264 e. The van der Waals surface area contributed by atoms with Crippen molar-refractivity contribution in [1.29, 1.82) is 0 Å². The van der Waals surface area contributed by atoms with Gasteiger partial charge in [0.15, 0.2) is 0 Å². The number of para-hydroxylation sites is 1. The van der Waals surface area contributed by atoms with Gasteiger partial charge in [-0.25, -0.2) is 13.8 Å². The van der Waals surface area contributed by atoms with E-state index in [2.05, 4.69) is 36.5 Å². The number of anilines is 1. The average molecular weight is 508 g/mol. The van der Waals surface area contributed by atoms with Gasteiger partial charge in [-0.1, -0.05) is 62.4 Å². The van der Waals surface area contributed by atoms with Crippen LogP contribution < -0.4 is 14.5 Å². The summed E-state index contributed by atoms with van der Waals surface area (Å²) < 4.78 is 33.5. The molecule has 8 heteroatoms. The zero-order valence-corrected chi connectivity index (χ0v) is 22.0. The molecule has 0 unspecified atom stereocenters. The Morgan fingerprint density at radius 1 is 0.944 bits per heavy atom. The van der Waals surface area contributed by atoms with E-state index < -0.39 is 22.5 Å². The molecule has 0 saturated carbocycles. The number of sulfonamides is 1. The zero-order valence-electron chi connectivity index (χ0n) is 21.1. The highest BCUT2D eigenvalue weighted by molar-refractivity contribution is 7.92. The van der Waals surface area contributed by atoms with Gasteiger partial charge in [0.1, 0.15) is 12.3 Å². The molecule has 0 saturated heterocycles. The summed E-state index contributed by atoms with van der Waals surface area (Å²) in [7, 11) is -4.02. The number of hydrogen-bond donors (Lipinski definition) is 1.